The maximum Gasteiger partial charge on any atom is 0.243 e. The van der Waals surface area contributed by atoms with E-state index in [4.69, 9.17) is 22.1 Å². The quantitative estimate of drug-likeness (QED) is 0.586. The Balaban J connectivity index is 2.18. The van der Waals surface area contributed by atoms with Crippen molar-refractivity contribution < 1.29 is 17.9 Å². The maximum atomic E-state index is 12.8. The molecule has 1 amide bonds. The summed E-state index contributed by atoms with van der Waals surface area (Å²) in [4.78, 5) is 10.9. The van der Waals surface area contributed by atoms with Crippen LogP contribution in [0.25, 0.3) is 0 Å². The smallest absolute Gasteiger partial charge is 0.243 e. The van der Waals surface area contributed by atoms with E-state index in [9.17, 15) is 13.2 Å². The number of rotatable bonds is 6. The predicted molar refractivity (Wildman–Crippen MR) is 83.1 cm³/mol. The fraction of sp³-hybridized carbons (Fsp3) is 0.500. The Morgan fingerprint density at radius 2 is 2.09 bits per heavy atom. The second-order valence-corrected chi connectivity index (χ2v) is 7.91. The number of alkyl halides is 1. The normalized spacial score (nSPS) is 22.4. The summed E-state index contributed by atoms with van der Waals surface area (Å²) in [5.74, 6) is -0.593. The lowest BCUT2D eigenvalue weighted by molar-refractivity contribution is -0.122. The largest absolute Gasteiger partial charge is 0.368 e. The number of amides is 1. The van der Waals surface area contributed by atoms with Crippen LogP contribution in [0.1, 0.15) is 18.4 Å². The number of piperidine rings is 1. The van der Waals surface area contributed by atoms with E-state index < -0.39 is 21.0 Å². The highest BCUT2D eigenvalue weighted by Crippen LogP contribution is 2.26. The van der Waals surface area contributed by atoms with Crippen molar-refractivity contribution in [1.29, 1.82) is 0 Å². The second kappa shape index (κ2) is 7.41. The molecule has 1 aromatic rings. The minimum atomic E-state index is -3.48. The monoisotopic (exact) mass is 346 g/mol. The number of nitrogens with one attached hydrogen (secondary N) is 1. The molecule has 2 unspecified atom stereocenters. The maximum absolute atomic E-state index is 12.8. The van der Waals surface area contributed by atoms with E-state index in [0.717, 1.165) is 0 Å². The molecule has 1 aromatic carbocycles. The van der Waals surface area contributed by atoms with Crippen molar-refractivity contribution in [3.63, 3.8) is 0 Å². The van der Waals surface area contributed by atoms with E-state index in [2.05, 4.69) is 5.32 Å². The van der Waals surface area contributed by atoms with Crippen LogP contribution in [0.15, 0.2) is 29.2 Å². The van der Waals surface area contributed by atoms with Gasteiger partial charge in [0.05, 0.1) is 22.3 Å². The van der Waals surface area contributed by atoms with Gasteiger partial charge in [-0.05, 0) is 24.5 Å². The first-order chi connectivity index (χ1) is 10.4. The van der Waals surface area contributed by atoms with Crippen LogP contribution in [0.2, 0.25) is 0 Å². The van der Waals surface area contributed by atoms with Gasteiger partial charge in [-0.1, -0.05) is 18.2 Å². The molecular formula is C14H19ClN2O4S. The Labute approximate surface area is 134 Å². The molecule has 0 aliphatic carbocycles. The Bertz CT molecular complexity index is 627. The fourth-order valence-corrected chi connectivity index (χ4v) is 4.50. The van der Waals surface area contributed by atoms with Crippen LogP contribution in [0.4, 0.5) is 0 Å². The van der Waals surface area contributed by atoms with E-state index >= 15 is 0 Å². The SMILES string of the molecule is NC(=O)COCc1ccccc1S(=O)(=O)C1CCC(Cl)NC1. The third kappa shape index (κ3) is 4.19. The Morgan fingerprint density at radius 1 is 1.36 bits per heavy atom. The lowest BCUT2D eigenvalue weighted by Crippen LogP contribution is -2.42. The molecule has 1 aliphatic rings. The van der Waals surface area contributed by atoms with Gasteiger partial charge in [-0.2, -0.15) is 0 Å². The van der Waals surface area contributed by atoms with Gasteiger partial charge in [0.1, 0.15) is 6.61 Å². The van der Waals surface area contributed by atoms with Gasteiger partial charge in [-0.25, -0.2) is 8.42 Å². The summed E-state index contributed by atoms with van der Waals surface area (Å²) in [5.41, 5.74) is 5.35. The van der Waals surface area contributed by atoms with E-state index in [1.807, 2.05) is 0 Å². The van der Waals surface area contributed by atoms with E-state index in [0.29, 0.717) is 24.9 Å². The molecular weight excluding hydrogens is 328 g/mol. The molecule has 1 aliphatic heterocycles. The van der Waals surface area contributed by atoms with Gasteiger partial charge in [0.2, 0.25) is 5.91 Å². The zero-order chi connectivity index (χ0) is 16.2. The van der Waals surface area contributed by atoms with Crippen LogP contribution < -0.4 is 11.1 Å². The van der Waals surface area contributed by atoms with Crippen LogP contribution >= 0.6 is 11.6 Å². The number of primary amides is 1. The molecule has 6 nitrogen and oxygen atoms in total. The molecule has 0 saturated carbocycles. The number of carbonyl (C=O) groups is 1. The molecule has 2 rings (SSSR count). The molecule has 1 heterocycles. The Morgan fingerprint density at radius 3 is 2.73 bits per heavy atom. The van der Waals surface area contributed by atoms with Crippen LogP contribution in [0.3, 0.4) is 0 Å². The van der Waals surface area contributed by atoms with Crippen molar-refractivity contribution in [3.8, 4) is 0 Å². The zero-order valence-electron chi connectivity index (χ0n) is 12.0. The minimum absolute atomic E-state index is 0.0244. The number of ether oxygens (including phenoxy) is 1. The topological polar surface area (TPSA) is 98.5 Å². The first kappa shape index (κ1) is 17.2. The number of hydrogen-bond acceptors (Lipinski definition) is 5. The van der Waals surface area contributed by atoms with Gasteiger partial charge in [0, 0.05) is 6.54 Å². The molecule has 122 valence electrons. The lowest BCUT2D eigenvalue weighted by Gasteiger charge is -2.26. The van der Waals surface area contributed by atoms with Gasteiger partial charge in [-0.3, -0.25) is 4.79 Å². The predicted octanol–water partition coefficient (Wildman–Crippen LogP) is 0.779. The average molecular weight is 347 g/mol. The summed E-state index contributed by atoms with van der Waals surface area (Å²) in [6.45, 7) is 0.108. The molecule has 0 spiro atoms. The second-order valence-electron chi connectivity index (χ2n) is 5.19. The first-order valence-electron chi connectivity index (χ1n) is 6.96. The Kier molecular flexibility index (Phi) is 5.80. The van der Waals surface area contributed by atoms with Crippen LogP contribution in [0, 0.1) is 0 Å². The first-order valence-corrected chi connectivity index (χ1v) is 8.95. The fourth-order valence-electron chi connectivity index (χ4n) is 2.40. The van der Waals surface area contributed by atoms with Gasteiger partial charge in [0.15, 0.2) is 9.84 Å². The standard InChI is InChI=1S/C14H19ClN2O4S/c15-13-6-5-11(7-17-13)22(19,20)12-4-2-1-3-10(12)8-21-9-14(16)18/h1-4,11,13,17H,5-9H2,(H2,16,18). The number of halogens is 1. The summed E-state index contributed by atoms with van der Waals surface area (Å²) >= 11 is 5.94. The summed E-state index contributed by atoms with van der Waals surface area (Å²) in [6.07, 6.45) is 1.12. The number of sulfone groups is 1. The molecule has 0 radical (unpaired) electrons. The van der Waals surface area contributed by atoms with Gasteiger partial charge in [-0.15, -0.1) is 11.6 Å². The van der Waals surface area contributed by atoms with Gasteiger partial charge in [0.25, 0.3) is 0 Å². The highest BCUT2D eigenvalue weighted by Gasteiger charge is 2.32. The van der Waals surface area contributed by atoms with Gasteiger partial charge < -0.3 is 15.8 Å². The van der Waals surface area contributed by atoms with Crippen molar-refractivity contribution in [2.45, 2.75) is 35.1 Å². The Hall–Kier alpha value is -1.15. The summed E-state index contributed by atoms with van der Waals surface area (Å²) in [7, 11) is -3.48. The lowest BCUT2D eigenvalue weighted by atomic mass is 10.2. The van der Waals surface area contributed by atoms with Crippen molar-refractivity contribution in [3.05, 3.63) is 29.8 Å². The highest BCUT2D eigenvalue weighted by atomic mass is 35.5. The van der Waals surface area contributed by atoms with Crippen molar-refractivity contribution in [1.82, 2.24) is 5.32 Å². The van der Waals surface area contributed by atoms with E-state index in [-0.39, 0.29) is 23.6 Å². The number of carbonyl (C=O) groups excluding carboxylic acids is 1. The van der Waals surface area contributed by atoms with Gasteiger partial charge >= 0.3 is 0 Å². The summed E-state index contributed by atoms with van der Waals surface area (Å²) in [6, 6.07) is 6.64. The van der Waals surface area contributed by atoms with Crippen molar-refractivity contribution >= 4 is 27.3 Å². The molecule has 3 N–H and O–H groups in total. The number of nitrogens with two attached hydrogens (primary N) is 1. The molecule has 8 heteroatoms. The molecule has 0 bridgehead atoms. The minimum Gasteiger partial charge on any atom is -0.368 e. The van der Waals surface area contributed by atoms with Crippen LogP contribution in [-0.2, 0) is 26.0 Å². The third-order valence-electron chi connectivity index (χ3n) is 3.53. The molecule has 1 saturated heterocycles. The molecule has 2 atom stereocenters. The molecule has 1 fully saturated rings. The van der Waals surface area contributed by atoms with E-state index in [1.165, 1.54) is 0 Å². The average Bonchev–Trinajstić information content (AvgIpc) is 2.48. The molecule has 22 heavy (non-hydrogen) atoms. The van der Waals surface area contributed by atoms with Crippen LogP contribution in [0.5, 0.6) is 0 Å². The highest BCUT2D eigenvalue weighted by molar-refractivity contribution is 7.92. The summed E-state index contributed by atoms with van der Waals surface area (Å²) < 4.78 is 30.7. The van der Waals surface area contributed by atoms with E-state index in [1.54, 1.807) is 24.3 Å². The number of benzene rings is 1. The van der Waals surface area contributed by atoms with Crippen molar-refractivity contribution in [2.75, 3.05) is 13.2 Å². The zero-order valence-corrected chi connectivity index (χ0v) is 13.6. The molecule has 0 aromatic heterocycles. The van der Waals surface area contributed by atoms with Crippen molar-refractivity contribution in [2.24, 2.45) is 5.73 Å². The number of hydrogen-bond donors (Lipinski definition) is 2. The third-order valence-corrected chi connectivity index (χ3v) is 6.19. The van der Waals surface area contributed by atoms with Crippen LogP contribution in [-0.4, -0.2) is 38.2 Å². The summed E-state index contributed by atoms with van der Waals surface area (Å²) in [5, 5.41) is 2.47.